The van der Waals surface area contributed by atoms with Gasteiger partial charge in [-0.25, -0.2) is 0 Å². The van der Waals surface area contributed by atoms with E-state index in [4.69, 9.17) is 21.1 Å². The first-order chi connectivity index (χ1) is 11.5. The van der Waals surface area contributed by atoms with Crippen molar-refractivity contribution in [1.82, 2.24) is 6.15 Å². The zero-order valence-corrected chi connectivity index (χ0v) is 16.5. The highest BCUT2D eigenvalue weighted by Gasteiger charge is 1.96. The van der Waals surface area contributed by atoms with Crippen molar-refractivity contribution in [2.75, 3.05) is 0 Å². The number of amides is 1. The van der Waals surface area contributed by atoms with Crippen molar-refractivity contribution in [2.24, 2.45) is 5.73 Å². The van der Waals surface area contributed by atoms with E-state index in [0.717, 1.165) is 6.42 Å². The average molecular weight is 364 g/mol. The van der Waals surface area contributed by atoms with E-state index < -0.39 is 5.09 Å². The molecule has 7 heteroatoms. The lowest BCUT2D eigenvalue weighted by atomic mass is 10.0. The van der Waals surface area contributed by atoms with Crippen LogP contribution in [0.25, 0.3) is 0 Å². The number of primary amides is 1. The largest absolute Gasteiger partial charge is 0.370 e. The molecule has 0 aliphatic rings. The molecule has 0 bridgehead atoms. The summed E-state index contributed by atoms with van der Waals surface area (Å²) in [5.74, 6) is -0.153. The molecule has 0 aromatic heterocycles. The minimum absolute atomic E-state index is 0. The fraction of sp³-hybridized carbons (Fsp3) is 0.944. The maximum Gasteiger partial charge on any atom is 0.217 e. The van der Waals surface area contributed by atoms with Gasteiger partial charge in [-0.05, 0) is 6.42 Å². The number of nitrogens with two attached hydrogens (primary N) is 1. The molecule has 152 valence electrons. The van der Waals surface area contributed by atoms with E-state index in [1.165, 1.54) is 89.9 Å². The maximum atomic E-state index is 10.6. The third-order valence-corrected chi connectivity index (χ3v) is 4.03. The Bertz CT molecular complexity index is 285. The molecule has 0 aromatic carbocycles. The van der Waals surface area contributed by atoms with Crippen LogP contribution in [0.15, 0.2) is 0 Å². The van der Waals surface area contributed by atoms with E-state index >= 15 is 0 Å². The second-order valence-corrected chi connectivity index (χ2v) is 6.39. The SMILES string of the molecule is CCCCCCCCCCCCCCCCCC(N)=O.O=[N+]([O-])[O-].[NH4+]. The lowest BCUT2D eigenvalue weighted by Crippen LogP contribution is -2.09. The normalized spacial score (nSPS) is 9.64. The Morgan fingerprint density at radius 3 is 1.20 bits per heavy atom. The van der Waals surface area contributed by atoms with Crippen LogP contribution in [0.1, 0.15) is 110 Å². The summed E-state index contributed by atoms with van der Waals surface area (Å²) in [6, 6.07) is 0. The Kier molecular flexibility index (Phi) is 28.3. The topological polar surface area (TPSA) is 146 Å². The molecule has 7 nitrogen and oxygen atoms in total. The van der Waals surface area contributed by atoms with Crippen molar-refractivity contribution >= 4 is 5.91 Å². The summed E-state index contributed by atoms with van der Waals surface area (Å²) in [7, 11) is 0. The quantitative estimate of drug-likeness (QED) is 0.200. The predicted octanol–water partition coefficient (Wildman–Crippen LogP) is 5.87. The lowest BCUT2D eigenvalue weighted by Gasteiger charge is -2.03. The number of carbonyl (C=O) groups excluding carboxylic acids is 1. The summed E-state index contributed by atoms with van der Waals surface area (Å²) in [5.41, 5.74) is 5.11. The molecule has 6 N–H and O–H groups in total. The molecule has 0 saturated carbocycles. The van der Waals surface area contributed by atoms with Crippen LogP contribution in [-0.2, 0) is 4.79 Å². The summed E-state index contributed by atoms with van der Waals surface area (Å²) in [6.45, 7) is 2.28. The first-order valence-electron chi connectivity index (χ1n) is 9.60. The Morgan fingerprint density at radius 2 is 0.960 bits per heavy atom. The second kappa shape index (κ2) is 24.9. The van der Waals surface area contributed by atoms with Crippen molar-refractivity contribution in [3.05, 3.63) is 15.3 Å². The van der Waals surface area contributed by atoms with Crippen LogP contribution < -0.4 is 11.9 Å². The number of hydrogen-bond donors (Lipinski definition) is 2. The first-order valence-corrected chi connectivity index (χ1v) is 9.60. The van der Waals surface area contributed by atoms with E-state index in [-0.39, 0.29) is 12.1 Å². The zero-order chi connectivity index (χ0) is 18.5. The Labute approximate surface area is 153 Å². The van der Waals surface area contributed by atoms with Crippen molar-refractivity contribution < 1.29 is 9.88 Å². The second-order valence-electron chi connectivity index (χ2n) is 6.39. The molecule has 0 spiro atoms. The van der Waals surface area contributed by atoms with Gasteiger partial charge in [0.1, 0.15) is 0 Å². The molecular formula is C18H41N3O4. The van der Waals surface area contributed by atoms with Crippen molar-refractivity contribution in [1.29, 1.82) is 0 Å². The number of unbranched alkanes of at least 4 members (excludes halogenated alkanes) is 14. The lowest BCUT2D eigenvalue weighted by molar-refractivity contribution is -0.402. The molecule has 0 aromatic rings. The predicted molar refractivity (Wildman–Crippen MR) is 105 cm³/mol. The number of quaternary nitrogens is 1. The standard InChI is InChI=1S/C18H37NO.NO3.H3N/c1-2-3-4-5-6-7-8-9-10-11-12-13-14-15-16-17-18(19)20;2-1(3)4;/h2-17H2,1H3,(H2,19,20);;1H3/q;-1;/p+1. The van der Waals surface area contributed by atoms with Gasteiger partial charge < -0.3 is 27.2 Å². The Balaban J connectivity index is -0.000000867. The molecule has 0 heterocycles. The van der Waals surface area contributed by atoms with Crippen LogP contribution in [0.5, 0.6) is 0 Å². The molecule has 0 unspecified atom stereocenters. The van der Waals surface area contributed by atoms with Crippen LogP contribution in [-0.4, -0.2) is 11.0 Å². The third kappa shape index (κ3) is 39.4. The minimum atomic E-state index is -1.75. The van der Waals surface area contributed by atoms with Gasteiger partial charge in [0.2, 0.25) is 5.91 Å². The van der Waals surface area contributed by atoms with Gasteiger partial charge in [-0.15, -0.1) is 0 Å². The van der Waals surface area contributed by atoms with Gasteiger partial charge in [0.05, 0.1) is 5.09 Å². The van der Waals surface area contributed by atoms with E-state index in [1.807, 2.05) is 0 Å². The maximum absolute atomic E-state index is 10.6. The van der Waals surface area contributed by atoms with E-state index in [2.05, 4.69) is 6.92 Å². The molecule has 0 fully saturated rings. The summed E-state index contributed by atoms with van der Waals surface area (Å²) in [6.07, 6.45) is 20.9. The van der Waals surface area contributed by atoms with Gasteiger partial charge in [-0.3, -0.25) is 4.79 Å². The fourth-order valence-corrected chi connectivity index (χ4v) is 2.67. The summed E-state index contributed by atoms with van der Waals surface area (Å²) in [5, 5.41) is 14.8. The van der Waals surface area contributed by atoms with E-state index in [1.54, 1.807) is 0 Å². The van der Waals surface area contributed by atoms with Crippen molar-refractivity contribution in [2.45, 2.75) is 110 Å². The molecule has 1 amide bonds. The zero-order valence-electron chi connectivity index (χ0n) is 16.5. The third-order valence-electron chi connectivity index (χ3n) is 4.03. The smallest absolute Gasteiger partial charge is 0.217 e. The highest BCUT2D eigenvalue weighted by Crippen LogP contribution is 2.13. The van der Waals surface area contributed by atoms with Crippen molar-refractivity contribution in [3.8, 4) is 0 Å². The van der Waals surface area contributed by atoms with Crippen LogP contribution in [0.4, 0.5) is 0 Å². The highest BCUT2D eigenvalue weighted by molar-refractivity contribution is 5.73. The summed E-state index contributed by atoms with van der Waals surface area (Å²) >= 11 is 0. The van der Waals surface area contributed by atoms with Gasteiger partial charge >= 0.3 is 0 Å². The molecule has 0 rings (SSSR count). The molecule has 0 aliphatic heterocycles. The Morgan fingerprint density at radius 1 is 0.720 bits per heavy atom. The van der Waals surface area contributed by atoms with Crippen LogP contribution in [0, 0.1) is 15.3 Å². The number of nitrogens with zero attached hydrogens (tertiary/aromatic N) is 1. The summed E-state index contributed by atoms with van der Waals surface area (Å²) in [4.78, 5) is 18.8. The monoisotopic (exact) mass is 363 g/mol. The average Bonchev–Trinajstić information content (AvgIpc) is 2.50. The van der Waals surface area contributed by atoms with Gasteiger partial charge in [0, 0.05) is 6.42 Å². The van der Waals surface area contributed by atoms with E-state index in [9.17, 15) is 4.79 Å². The van der Waals surface area contributed by atoms with Gasteiger partial charge in [-0.2, -0.15) is 0 Å². The van der Waals surface area contributed by atoms with Gasteiger partial charge in [-0.1, -0.05) is 96.8 Å². The summed E-state index contributed by atoms with van der Waals surface area (Å²) < 4.78 is 0. The number of rotatable bonds is 16. The van der Waals surface area contributed by atoms with Crippen LogP contribution in [0.3, 0.4) is 0 Å². The van der Waals surface area contributed by atoms with E-state index in [0.29, 0.717) is 6.42 Å². The number of hydrogen-bond acceptors (Lipinski definition) is 4. The number of carbonyl (C=O) groups is 1. The molecule has 0 atom stereocenters. The fourth-order valence-electron chi connectivity index (χ4n) is 2.67. The molecule has 0 radical (unpaired) electrons. The molecular weight excluding hydrogens is 322 g/mol. The Hall–Kier alpha value is -1.37. The highest BCUT2D eigenvalue weighted by atomic mass is 16.9. The minimum Gasteiger partial charge on any atom is -0.370 e. The van der Waals surface area contributed by atoms with Crippen LogP contribution in [0.2, 0.25) is 0 Å². The molecule has 0 aliphatic carbocycles. The molecule has 25 heavy (non-hydrogen) atoms. The van der Waals surface area contributed by atoms with Crippen LogP contribution >= 0.6 is 0 Å². The van der Waals surface area contributed by atoms with Crippen molar-refractivity contribution in [3.63, 3.8) is 0 Å². The first kappa shape index (κ1) is 28.4. The molecule has 0 saturated heterocycles. The van der Waals surface area contributed by atoms with Gasteiger partial charge in [0.15, 0.2) is 0 Å². The van der Waals surface area contributed by atoms with Gasteiger partial charge in [0.25, 0.3) is 0 Å².